The lowest BCUT2D eigenvalue weighted by Crippen LogP contribution is -2.48. The molecule has 0 aromatic carbocycles. The minimum absolute atomic E-state index is 0.000543. The number of rotatable bonds is 3. The highest BCUT2D eigenvalue weighted by atomic mass is 32.1. The number of amides is 2. The van der Waals surface area contributed by atoms with Gasteiger partial charge in [-0.1, -0.05) is 6.07 Å². The third kappa shape index (κ3) is 3.49. The number of aryl methyl sites for hydroxylation is 1. The zero-order valence-electron chi connectivity index (χ0n) is 13.9. The zero-order chi connectivity index (χ0) is 17.3. The zero-order valence-corrected chi connectivity index (χ0v) is 14.7. The van der Waals surface area contributed by atoms with Crippen molar-refractivity contribution < 1.29 is 14.3 Å². The topological polar surface area (TPSA) is 76.5 Å². The number of hydrogen-bond acceptors (Lipinski definition) is 5. The van der Waals surface area contributed by atoms with Gasteiger partial charge in [-0.25, -0.2) is 0 Å². The molecule has 1 saturated heterocycles. The SMILES string of the molecule is C[C@@H]1CN(C(=O)c2cc(NC(=O)c3cccs3)n(C)n2)C[C@@H](C)O1. The summed E-state index contributed by atoms with van der Waals surface area (Å²) >= 11 is 1.36. The average Bonchev–Trinajstić information content (AvgIpc) is 3.16. The van der Waals surface area contributed by atoms with Gasteiger partial charge in [0.05, 0.1) is 17.1 Å². The van der Waals surface area contributed by atoms with E-state index in [1.165, 1.54) is 16.0 Å². The lowest BCUT2D eigenvalue weighted by Gasteiger charge is -2.34. The number of carbonyl (C=O) groups is 2. The smallest absolute Gasteiger partial charge is 0.274 e. The fourth-order valence-corrected chi connectivity index (χ4v) is 3.40. The molecule has 1 N–H and O–H groups in total. The summed E-state index contributed by atoms with van der Waals surface area (Å²) in [5.41, 5.74) is 0.320. The second kappa shape index (κ2) is 6.74. The Hall–Kier alpha value is -2.19. The van der Waals surface area contributed by atoms with Crippen molar-refractivity contribution >= 4 is 29.0 Å². The summed E-state index contributed by atoms with van der Waals surface area (Å²) in [5.74, 6) is 0.135. The second-order valence-corrected chi connectivity index (χ2v) is 6.88. The molecule has 0 unspecified atom stereocenters. The van der Waals surface area contributed by atoms with E-state index in [-0.39, 0.29) is 24.0 Å². The number of ether oxygens (including phenoxy) is 1. The molecule has 2 amide bonds. The Morgan fingerprint density at radius 3 is 2.67 bits per heavy atom. The molecule has 8 heteroatoms. The second-order valence-electron chi connectivity index (χ2n) is 5.94. The van der Waals surface area contributed by atoms with E-state index in [0.717, 1.165) is 0 Å². The summed E-state index contributed by atoms with van der Waals surface area (Å²) < 4.78 is 7.16. The summed E-state index contributed by atoms with van der Waals surface area (Å²) in [7, 11) is 1.70. The summed E-state index contributed by atoms with van der Waals surface area (Å²) in [4.78, 5) is 27.1. The van der Waals surface area contributed by atoms with E-state index >= 15 is 0 Å². The summed E-state index contributed by atoms with van der Waals surface area (Å²) in [6.45, 7) is 4.97. The predicted octanol–water partition coefficient (Wildman–Crippen LogP) is 1.98. The summed E-state index contributed by atoms with van der Waals surface area (Å²) in [5, 5.41) is 8.87. The van der Waals surface area contributed by atoms with Crippen LogP contribution in [0.4, 0.5) is 5.82 Å². The molecule has 24 heavy (non-hydrogen) atoms. The number of aromatic nitrogens is 2. The molecule has 0 aliphatic carbocycles. The van der Waals surface area contributed by atoms with Crippen LogP contribution in [0.1, 0.15) is 34.0 Å². The average molecular weight is 348 g/mol. The van der Waals surface area contributed by atoms with Crippen molar-refractivity contribution in [3.63, 3.8) is 0 Å². The third-order valence-electron chi connectivity index (χ3n) is 3.79. The molecule has 1 fully saturated rings. The van der Waals surface area contributed by atoms with E-state index in [2.05, 4.69) is 10.4 Å². The minimum Gasteiger partial charge on any atom is -0.372 e. The first-order valence-electron chi connectivity index (χ1n) is 7.77. The molecule has 3 rings (SSSR count). The Kier molecular flexibility index (Phi) is 4.68. The van der Waals surface area contributed by atoms with Crippen molar-refractivity contribution in [1.82, 2.24) is 14.7 Å². The van der Waals surface area contributed by atoms with Crippen LogP contribution in [0.5, 0.6) is 0 Å². The van der Waals surface area contributed by atoms with Gasteiger partial charge in [0, 0.05) is 26.2 Å². The molecule has 1 aliphatic rings. The van der Waals surface area contributed by atoms with Gasteiger partial charge in [-0.3, -0.25) is 14.3 Å². The molecule has 0 radical (unpaired) electrons. The Labute approximate surface area is 144 Å². The van der Waals surface area contributed by atoms with Gasteiger partial charge in [0.15, 0.2) is 5.69 Å². The maximum absolute atomic E-state index is 12.7. The van der Waals surface area contributed by atoms with Crippen LogP contribution < -0.4 is 5.32 Å². The van der Waals surface area contributed by atoms with Crippen LogP contribution in [0.25, 0.3) is 0 Å². The van der Waals surface area contributed by atoms with Crippen molar-refractivity contribution in [3.8, 4) is 0 Å². The number of hydrogen-bond donors (Lipinski definition) is 1. The van der Waals surface area contributed by atoms with Crippen molar-refractivity contribution in [1.29, 1.82) is 0 Å². The lowest BCUT2D eigenvalue weighted by molar-refractivity contribution is -0.0587. The van der Waals surface area contributed by atoms with Crippen LogP contribution in [0, 0.1) is 0 Å². The molecular formula is C16H20N4O3S. The van der Waals surface area contributed by atoms with Gasteiger partial charge >= 0.3 is 0 Å². The monoisotopic (exact) mass is 348 g/mol. The van der Waals surface area contributed by atoms with Crippen LogP contribution >= 0.6 is 11.3 Å². The van der Waals surface area contributed by atoms with Gasteiger partial charge in [0.2, 0.25) is 0 Å². The first-order chi connectivity index (χ1) is 11.4. The maximum atomic E-state index is 12.7. The van der Waals surface area contributed by atoms with Gasteiger partial charge in [-0.15, -0.1) is 11.3 Å². The van der Waals surface area contributed by atoms with Gasteiger partial charge in [-0.05, 0) is 25.3 Å². The van der Waals surface area contributed by atoms with E-state index in [9.17, 15) is 9.59 Å². The first kappa shape index (κ1) is 16.7. The van der Waals surface area contributed by atoms with Crippen LogP contribution in [0.2, 0.25) is 0 Å². The fraction of sp³-hybridized carbons (Fsp3) is 0.438. The lowest BCUT2D eigenvalue weighted by atomic mass is 10.2. The Morgan fingerprint density at radius 1 is 1.33 bits per heavy atom. The molecule has 2 aromatic heterocycles. The van der Waals surface area contributed by atoms with Gasteiger partial charge in [0.1, 0.15) is 5.82 Å². The van der Waals surface area contributed by atoms with Crippen molar-refractivity contribution in [2.75, 3.05) is 18.4 Å². The molecule has 2 atom stereocenters. The number of nitrogens with one attached hydrogen (secondary N) is 1. The highest BCUT2D eigenvalue weighted by molar-refractivity contribution is 7.12. The molecule has 128 valence electrons. The van der Waals surface area contributed by atoms with E-state index < -0.39 is 0 Å². The van der Waals surface area contributed by atoms with E-state index in [1.54, 1.807) is 24.1 Å². The highest BCUT2D eigenvalue weighted by Crippen LogP contribution is 2.17. The van der Waals surface area contributed by atoms with E-state index in [1.807, 2.05) is 25.3 Å². The number of anilines is 1. The van der Waals surface area contributed by atoms with E-state index in [4.69, 9.17) is 4.74 Å². The minimum atomic E-state index is -0.208. The molecule has 0 bridgehead atoms. The highest BCUT2D eigenvalue weighted by Gasteiger charge is 2.28. The Bertz CT molecular complexity index is 731. The largest absolute Gasteiger partial charge is 0.372 e. The normalized spacial score (nSPS) is 20.9. The van der Waals surface area contributed by atoms with Crippen molar-refractivity contribution in [2.24, 2.45) is 7.05 Å². The predicted molar refractivity (Wildman–Crippen MR) is 91.4 cm³/mol. The molecule has 3 heterocycles. The molecule has 2 aromatic rings. The molecule has 7 nitrogen and oxygen atoms in total. The molecule has 0 saturated carbocycles. The number of thiophene rings is 1. The first-order valence-corrected chi connectivity index (χ1v) is 8.65. The fourth-order valence-electron chi connectivity index (χ4n) is 2.78. The van der Waals surface area contributed by atoms with Crippen LogP contribution in [0.15, 0.2) is 23.6 Å². The van der Waals surface area contributed by atoms with Gasteiger partial charge < -0.3 is 15.0 Å². The quantitative estimate of drug-likeness (QED) is 0.920. The molecular weight excluding hydrogens is 328 g/mol. The standard InChI is InChI=1S/C16H20N4O3S/c1-10-8-20(9-11(2)23-10)16(22)12-7-14(19(3)18-12)17-15(21)13-5-4-6-24-13/h4-7,10-11H,8-9H2,1-3H3,(H,17,21)/t10-,11-/m1/s1. The summed E-state index contributed by atoms with van der Waals surface area (Å²) in [6, 6.07) is 5.18. The third-order valence-corrected chi connectivity index (χ3v) is 4.66. The number of nitrogens with zero attached hydrogens (tertiary/aromatic N) is 3. The molecule has 1 aliphatic heterocycles. The van der Waals surface area contributed by atoms with Gasteiger partial charge in [-0.2, -0.15) is 5.10 Å². The summed E-state index contributed by atoms with van der Waals surface area (Å²) in [6.07, 6.45) is -0.00109. The maximum Gasteiger partial charge on any atom is 0.274 e. The van der Waals surface area contributed by atoms with Crippen LogP contribution in [-0.4, -0.2) is 51.8 Å². The van der Waals surface area contributed by atoms with Crippen molar-refractivity contribution in [3.05, 3.63) is 34.2 Å². The number of morpholine rings is 1. The molecule has 0 spiro atoms. The Morgan fingerprint density at radius 2 is 2.04 bits per heavy atom. The van der Waals surface area contributed by atoms with Crippen LogP contribution in [0.3, 0.4) is 0 Å². The van der Waals surface area contributed by atoms with E-state index in [0.29, 0.717) is 29.5 Å². The van der Waals surface area contributed by atoms with Crippen molar-refractivity contribution in [2.45, 2.75) is 26.1 Å². The van der Waals surface area contributed by atoms with Gasteiger partial charge in [0.25, 0.3) is 11.8 Å². The van der Waals surface area contributed by atoms with Crippen LogP contribution in [-0.2, 0) is 11.8 Å². The Balaban J connectivity index is 1.73. The number of carbonyl (C=O) groups excluding carboxylic acids is 2.